The van der Waals surface area contributed by atoms with Crippen molar-refractivity contribution in [3.8, 4) is 6.07 Å². The third kappa shape index (κ3) is 1.79. The van der Waals surface area contributed by atoms with Crippen LogP contribution in [0.5, 0.6) is 0 Å². The Balaban J connectivity index is 2.79. The highest BCUT2D eigenvalue weighted by atomic mass is 16.3. The lowest BCUT2D eigenvalue weighted by molar-refractivity contribution is 0.173. The van der Waals surface area contributed by atoms with Crippen LogP contribution >= 0.6 is 0 Å². The lowest BCUT2D eigenvalue weighted by Crippen LogP contribution is -2.12. The average molecular weight is 151 g/mol. The molecule has 1 aromatic rings. The molecule has 58 valence electrons. The minimum atomic E-state index is -0.448. The summed E-state index contributed by atoms with van der Waals surface area (Å²) < 4.78 is 1.62. The first-order chi connectivity index (χ1) is 5.24. The van der Waals surface area contributed by atoms with Gasteiger partial charge in [-0.15, -0.1) is 0 Å². The average Bonchev–Trinajstić information content (AvgIpc) is 2.34. The number of aliphatic hydroxyl groups is 1. The lowest BCUT2D eigenvalue weighted by Gasteiger charge is -2.04. The number of nitriles is 1. The van der Waals surface area contributed by atoms with Crippen molar-refractivity contribution in [1.82, 2.24) is 9.55 Å². The van der Waals surface area contributed by atoms with Crippen LogP contribution in [-0.4, -0.2) is 20.8 Å². The van der Waals surface area contributed by atoms with Crippen LogP contribution in [0.15, 0.2) is 12.4 Å². The summed E-state index contributed by atoms with van der Waals surface area (Å²) in [5.41, 5.74) is 0. The zero-order valence-electron chi connectivity index (χ0n) is 6.23. The van der Waals surface area contributed by atoms with E-state index in [4.69, 9.17) is 10.4 Å². The molecule has 0 aliphatic carbocycles. The number of aromatic nitrogens is 2. The molecule has 0 aromatic carbocycles. The van der Waals surface area contributed by atoms with Gasteiger partial charge in [-0.3, -0.25) is 0 Å². The third-order valence-corrected chi connectivity index (χ3v) is 1.28. The first kappa shape index (κ1) is 7.76. The topological polar surface area (TPSA) is 61.8 Å². The molecule has 0 radical (unpaired) electrons. The van der Waals surface area contributed by atoms with Gasteiger partial charge in [-0.2, -0.15) is 5.26 Å². The van der Waals surface area contributed by atoms with E-state index in [9.17, 15) is 0 Å². The summed E-state index contributed by atoms with van der Waals surface area (Å²) in [6.45, 7) is 2.09. The molecule has 4 heteroatoms. The van der Waals surface area contributed by atoms with E-state index in [-0.39, 0.29) is 0 Å². The quantitative estimate of drug-likeness (QED) is 0.653. The van der Waals surface area contributed by atoms with Crippen molar-refractivity contribution in [2.75, 3.05) is 0 Å². The molecule has 0 aliphatic rings. The Morgan fingerprint density at radius 1 is 1.91 bits per heavy atom. The van der Waals surface area contributed by atoms with Gasteiger partial charge in [0.2, 0.25) is 5.82 Å². The maximum absolute atomic E-state index is 8.99. The van der Waals surface area contributed by atoms with Gasteiger partial charge in [0.25, 0.3) is 0 Å². The minimum Gasteiger partial charge on any atom is -0.392 e. The summed E-state index contributed by atoms with van der Waals surface area (Å²) in [6, 6.07) is 1.92. The lowest BCUT2D eigenvalue weighted by atomic mass is 10.4. The zero-order valence-corrected chi connectivity index (χ0v) is 6.23. The molecule has 0 fully saturated rings. The highest BCUT2D eigenvalue weighted by molar-refractivity contribution is 5.11. The second kappa shape index (κ2) is 3.17. The maximum Gasteiger partial charge on any atom is 0.212 e. The minimum absolute atomic E-state index is 0.339. The molecule has 0 bridgehead atoms. The van der Waals surface area contributed by atoms with E-state index < -0.39 is 6.10 Å². The molecular formula is C7H9N3O. The van der Waals surface area contributed by atoms with Crippen LogP contribution in [0.25, 0.3) is 0 Å². The standard InChI is InChI=1S/C7H9N3O/c1-6(11)5-10-3-2-9-7(10)4-8/h2-3,6,11H,5H2,1H3/t6-/m1/s1. The highest BCUT2D eigenvalue weighted by Gasteiger charge is 2.02. The van der Waals surface area contributed by atoms with E-state index in [1.807, 2.05) is 6.07 Å². The van der Waals surface area contributed by atoms with Crippen LogP contribution in [0.3, 0.4) is 0 Å². The van der Waals surface area contributed by atoms with Crippen molar-refractivity contribution in [3.05, 3.63) is 18.2 Å². The fraction of sp³-hybridized carbons (Fsp3) is 0.429. The second-order valence-corrected chi connectivity index (χ2v) is 2.36. The normalized spacial score (nSPS) is 12.5. The van der Waals surface area contributed by atoms with Gasteiger partial charge < -0.3 is 9.67 Å². The number of hydrogen-bond acceptors (Lipinski definition) is 3. The van der Waals surface area contributed by atoms with Crippen LogP contribution in [0, 0.1) is 11.3 Å². The van der Waals surface area contributed by atoms with Gasteiger partial charge in [-0.05, 0) is 6.92 Å². The molecule has 0 aliphatic heterocycles. The van der Waals surface area contributed by atoms with Gasteiger partial charge in [-0.25, -0.2) is 4.98 Å². The summed E-state index contributed by atoms with van der Waals surface area (Å²) in [7, 11) is 0. The van der Waals surface area contributed by atoms with E-state index in [0.717, 1.165) is 0 Å². The van der Waals surface area contributed by atoms with Crippen LogP contribution in [-0.2, 0) is 6.54 Å². The van der Waals surface area contributed by atoms with Crippen LogP contribution in [0.1, 0.15) is 12.7 Å². The molecule has 0 unspecified atom stereocenters. The monoisotopic (exact) mass is 151 g/mol. The number of hydrogen-bond donors (Lipinski definition) is 1. The molecule has 0 amide bonds. The van der Waals surface area contributed by atoms with Crippen LogP contribution in [0.2, 0.25) is 0 Å². The van der Waals surface area contributed by atoms with Crippen molar-refractivity contribution in [2.45, 2.75) is 19.6 Å². The Bertz CT molecular complexity index is 271. The first-order valence-corrected chi connectivity index (χ1v) is 3.33. The van der Waals surface area contributed by atoms with Crippen molar-refractivity contribution >= 4 is 0 Å². The molecule has 1 heterocycles. The number of aliphatic hydroxyl groups excluding tert-OH is 1. The summed E-state index contributed by atoms with van der Waals surface area (Å²) in [5.74, 6) is 0.339. The maximum atomic E-state index is 8.99. The Kier molecular flexibility index (Phi) is 2.24. The van der Waals surface area contributed by atoms with Gasteiger partial charge in [0, 0.05) is 12.4 Å². The zero-order chi connectivity index (χ0) is 8.27. The molecule has 0 spiro atoms. The molecular weight excluding hydrogens is 142 g/mol. The van der Waals surface area contributed by atoms with E-state index >= 15 is 0 Å². The number of nitrogens with zero attached hydrogens (tertiary/aromatic N) is 3. The Morgan fingerprint density at radius 2 is 2.64 bits per heavy atom. The molecule has 0 saturated carbocycles. The third-order valence-electron chi connectivity index (χ3n) is 1.28. The first-order valence-electron chi connectivity index (χ1n) is 3.33. The Morgan fingerprint density at radius 3 is 3.18 bits per heavy atom. The van der Waals surface area contributed by atoms with Crippen molar-refractivity contribution < 1.29 is 5.11 Å². The molecule has 1 N–H and O–H groups in total. The fourth-order valence-corrected chi connectivity index (χ4v) is 0.854. The Labute approximate surface area is 64.7 Å². The highest BCUT2D eigenvalue weighted by Crippen LogP contribution is 1.97. The van der Waals surface area contributed by atoms with E-state index in [1.165, 1.54) is 0 Å². The number of imidazole rings is 1. The van der Waals surface area contributed by atoms with Gasteiger partial charge in [-0.1, -0.05) is 0 Å². The molecule has 1 aromatic heterocycles. The van der Waals surface area contributed by atoms with Gasteiger partial charge in [0.1, 0.15) is 6.07 Å². The van der Waals surface area contributed by atoms with E-state index in [2.05, 4.69) is 4.98 Å². The summed E-state index contributed by atoms with van der Waals surface area (Å²) in [4.78, 5) is 3.78. The predicted octanol–water partition coefficient (Wildman–Crippen LogP) is 0.136. The molecule has 11 heavy (non-hydrogen) atoms. The van der Waals surface area contributed by atoms with Crippen molar-refractivity contribution in [2.24, 2.45) is 0 Å². The fourth-order valence-electron chi connectivity index (χ4n) is 0.854. The molecule has 1 rings (SSSR count). The van der Waals surface area contributed by atoms with Gasteiger partial charge in [0.15, 0.2) is 0 Å². The SMILES string of the molecule is C[C@@H](O)Cn1ccnc1C#N. The molecule has 4 nitrogen and oxygen atoms in total. The van der Waals surface area contributed by atoms with Crippen molar-refractivity contribution in [3.63, 3.8) is 0 Å². The number of rotatable bonds is 2. The molecule has 0 saturated heterocycles. The van der Waals surface area contributed by atoms with E-state index in [1.54, 1.807) is 23.9 Å². The summed E-state index contributed by atoms with van der Waals surface area (Å²) >= 11 is 0. The second-order valence-electron chi connectivity index (χ2n) is 2.36. The Hall–Kier alpha value is -1.34. The van der Waals surface area contributed by atoms with E-state index in [0.29, 0.717) is 12.4 Å². The largest absolute Gasteiger partial charge is 0.392 e. The smallest absolute Gasteiger partial charge is 0.212 e. The summed E-state index contributed by atoms with van der Waals surface area (Å²) in [6.07, 6.45) is 2.77. The molecule has 1 atom stereocenters. The predicted molar refractivity (Wildman–Crippen MR) is 38.6 cm³/mol. The summed E-state index contributed by atoms with van der Waals surface area (Å²) in [5, 5.41) is 17.5. The van der Waals surface area contributed by atoms with Crippen molar-refractivity contribution in [1.29, 1.82) is 5.26 Å². The van der Waals surface area contributed by atoms with Gasteiger partial charge >= 0.3 is 0 Å². The van der Waals surface area contributed by atoms with Crippen LogP contribution < -0.4 is 0 Å². The van der Waals surface area contributed by atoms with Gasteiger partial charge in [0.05, 0.1) is 12.6 Å². The van der Waals surface area contributed by atoms with Crippen LogP contribution in [0.4, 0.5) is 0 Å².